The van der Waals surface area contributed by atoms with E-state index in [1.165, 1.54) is 20.9 Å². The molecule has 0 radical (unpaired) electrons. The van der Waals surface area contributed by atoms with E-state index in [-0.39, 0.29) is 6.04 Å². The van der Waals surface area contributed by atoms with Crippen molar-refractivity contribution in [2.45, 2.75) is 26.4 Å². The van der Waals surface area contributed by atoms with Gasteiger partial charge >= 0.3 is 0 Å². The minimum Gasteiger partial charge on any atom is -0.329 e. The number of halogens is 1. The Hall–Kier alpha value is -0.680. The van der Waals surface area contributed by atoms with Gasteiger partial charge in [-0.05, 0) is 50.2 Å². The van der Waals surface area contributed by atoms with Crippen molar-refractivity contribution in [2.75, 3.05) is 13.6 Å². The van der Waals surface area contributed by atoms with Crippen molar-refractivity contribution in [3.63, 3.8) is 0 Å². The molecule has 2 rings (SSSR count). The van der Waals surface area contributed by atoms with Crippen LogP contribution in [0.15, 0.2) is 34.8 Å². The Kier molecular flexibility index (Phi) is 5.38. The van der Waals surface area contributed by atoms with Crippen LogP contribution in [-0.2, 0) is 6.54 Å². The monoisotopic (exact) mass is 352 g/mol. The van der Waals surface area contributed by atoms with E-state index in [2.05, 4.69) is 72.1 Å². The zero-order chi connectivity index (χ0) is 14.7. The van der Waals surface area contributed by atoms with Gasteiger partial charge in [0.2, 0.25) is 0 Å². The highest BCUT2D eigenvalue weighted by Gasteiger charge is 2.19. The third-order valence-corrected chi connectivity index (χ3v) is 5.05. The molecule has 0 saturated heterocycles. The molecule has 108 valence electrons. The molecule has 1 unspecified atom stereocenters. The second-order valence-corrected chi connectivity index (χ2v) is 7.54. The summed E-state index contributed by atoms with van der Waals surface area (Å²) in [4.78, 5) is 5.06. The third kappa shape index (κ3) is 3.70. The first kappa shape index (κ1) is 15.7. The molecular weight excluding hydrogens is 332 g/mol. The quantitative estimate of drug-likeness (QED) is 0.870. The first-order chi connectivity index (χ1) is 9.51. The van der Waals surface area contributed by atoms with Crippen LogP contribution in [0.25, 0.3) is 0 Å². The van der Waals surface area contributed by atoms with Crippen LogP contribution in [-0.4, -0.2) is 18.5 Å². The van der Waals surface area contributed by atoms with Crippen LogP contribution in [0.2, 0.25) is 0 Å². The van der Waals surface area contributed by atoms with Crippen molar-refractivity contribution < 1.29 is 0 Å². The Labute approximate surface area is 133 Å². The summed E-state index contributed by atoms with van der Waals surface area (Å²) in [6.45, 7) is 5.89. The number of aryl methyl sites for hydroxylation is 2. The Morgan fingerprint density at radius 3 is 2.40 bits per heavy atom. The molecular formula is C16H21BrN2S. The topological polar surface area (TPSA) is 29.3 Å². The molecule has 2 aromatic rings. The lowest BCUT2D eigenvalue weighted by Gasteiger charge is -2.27. The van der Waals surface area contributed by atoms with Gasteiger partial charge in [-0.1, -0.05) is 28.1 Å². The number of likely N-dealkylation sites (N-methyl/N-ethyl adjacent to an activating group) is 1. The number of thiophene rings is 1. The smallest absolute Gasteiger partial charge is 0.0481 e. The van der Waals surface area contributed by atoms with Crippen molar-refractivity contribution in [1.82, 2.24) is 4.90 Å². The van der Waals surface area contributed by atoms with Crippen LogP contribution in [0.4, 0.5) is 0 Å². The maximum Gasteiger partial charge on any atom is 0.0481 e. The summed E-state index contributed by atoms with van der Waals surface area (Å²) < 4.78 is 1.11. The predicted molar refractivity (Wildman–Crippen MR) is 91.2 cm³/mol. The molecule has 1 aromatic heterocycles. The molecule has 0 fully saturated rings. The van der Waals surface area contributed by atoms with E-state index in [1.807, 2.05) is 11.3 Å². The molecule has 2 N–H and O–H groups in total. The van der Waals surface area contributed by atoms with Gasteiger partial charge in [-0.3, -0.25) is 4.90 Å². The first-order valence-electron chi connectivity index (χ1n) is 6.73. The highest BCUT2D eigenvalue weighted by atomic mass is 79.9. The van der Waals surface area contributed by atoms with E-state index in [1.54, 1.807) is 0 Å². The lowest BCUT2D eigenvalue weighted by molar-refractivity contribution is 0.241. The zero-order valence-corrected chi connectivity index (χ0v) is 14.6. The lowest BCUT2D eigenvalue weighted by Crippen LogP contribution is -2.30. The summed E-state index contributed by atoms with van der Waals surface area (Å²) in [6, 6.07) is 11.0. The minimum atomic E-state index is 0.281. The Bertz CT molecular complexity index is 562. The second kappa shape index (κ2) is 6.85. The average molecular weight is 353 g/mol. The third-order valence-electron chi connectivity index (χ3n) is 3.54. The fourth-order valence-corrected chi connectivity index (χ4v) is 3.76. The van der Waals surface area contributed by atoms with Crippen LogP contribution >= 0.6 is 27.3 Å². The molecule has 0 spiro atoms. The van der Waals surface area contributed by atoms with Gasteiger partial charge in [-0.25, -0.2) is 0 Å². The minimum absolute atomic E-state index is 0.281. The van der Waals surface area contributed by atoms with Crippen molar-refractivity contribution in [3.05, 3.63) is 55.7 Å². The largest absolute Gasteiger partial charge is 0.329 e. The number of nitrogens with two attached hydrogens (primary N) is 1. The molecule has 0 amide bonds. The molecule has 0 aliphatic rings. The molecule has 1 heterocycles. The Morgan fingerprint density at radius 1 is 1.25 bits per heavy atom. The maximum atomic E-state index is 6.02. The number of benzene rings is 1. The van der Waals surface area contributed by atoms with E-state index in [4.69, 9.17) is 5.73 Å². The van der Waals surface area contributed by atoms with Crippen molar-refractivity contribution in [1.29, 1.82) is 0 Å². The van der Waals surface area contributed by atoms with Crippen molar-refractivity contribution >= 4 is 27.3 Å². The van der Waals surface area contributed by atoms with Gasteiger partial charge in [-0.15, -0.1) is 11.3 Å². The molecule has 0 aliphatic heterocycles. The fourth-order valence-electron chi connectivity index (χ4n) is 2.51. The van der Waals surface area contributed by atoms with Crippen LogP contribution in [0, 0.1) is 13.8 Å². The summed E-state index contributed by atoms with van der Waals surface area (Å²) in [5.74, 6) is 0. The number of hydrogen-bond acceptors (Lipinski definition) is 3. The molecule has 0 saturated carbocycles. The Morgan fingerprint density at radius 2 is 1.90 bits per heavy atom. The SMILES string of the molecule is Cc1cc(C(CN)N(C)Cc2ccc(Br)cc2)c(C)s1. The molecule has 0 bridgehead atoms. The normalized spacial score (nSPS) is 12.9. The molecule has 1 aromatic carbocycles. The molecule has 1 atom stereocenters. The van der Waals surface area contributed by atoms with E-state index < -0.39 is 0 Å². The van der Waals surface area contributed by atoms with Gasteiger partial charge in [0, 0.05) is 33.4 Å². The van der Waals surface area contributed by atoms with Gasteiger partial charge in [0.05, 0.1) is 0 Å². The highest BCUT2D eigenvalue weighted by molar-refractivity contribution is 9.10. The first-order valence-corrected chi connectivity index (χ1v) is 8.34. The zero-order valence-electron chi connectivity index (χ0n) is 12.2. The van der Waals surface area contributed by atoms with Crippen LogP contribution in [0.1, 0.15) is 26.9 Å². The summed E-state index contributed by atoms with van der Waals surface area (Å²) in [6.07, 6.45) is 0. The number of nitrogens with zero attached hydrogens (tertiary/aromatic N) is 1. The number of hydrogen-bond donors (Lipinski definition) is 1. The standard InChI is InChI=1S/C16H21BrN2S/c1-11-8-15(12(2)20-11)16(9-18)19(3)10-13-4-6-14(17)7-5-13/h4-8,16H,9-10,18H2,1-3H3. The summed E-state index contributed by atoms with van der Waals surface area (Å²) in [5.41, 5.74) is 8.69. The lowest BCUT2D eigenvalue weighted by atomic mass is 10.1. The van der Waals surface area contributed by atoms with E-state index >= 15 is 0 Å². The van der Waals surface area contributed by atoms with E-state index in [9.17, 15) is 0 Å². The summed E-state index contributed by atoms with van der Waals surface area (Å²) in [7, 11) is 2.14. The molecule has 0 aliphatic carbocycles. The Balaban J connectivity index is 2.15. The second-order valence-electron chi connectivity index (χ2n) is 5.16. The van der Waals surface area contributed by atoms with Gasteiger partial charge in [-0.2, -0.15) is 0 Å². The van der Waals surface area contributed by atoms with Crippen LogP contribution < -0.4 is 5.73 Å². The van der Waals surface area contributed by atoms with Gasteiger partial charge in [0.15, 0.2) is 0 Å². The van der Waals surface area contributed by atoms with Gasteiger partial charge in [0.25, 0.3) is 0 Å². The maximum absolute atomic E-state index is 6.02. The van der Waals surface area contributed by atoms with E-state index in [0.29, 0.717) is 6.54 Å². The average Bonchev–Trinajstić information content (AvgIpc) is 2.72. The highest BCUT2D eigenvalue weighted by Crippen LogP contribution is 2.29. The molecule has 2 nitrogen and oxygen atoms in total. The summed E-state index contributed by atoms with van der Waals surface area (Å²) >= 11 is 5.32. The van der Waals surface area contributed by atoms with E-state index in [0.717, 1.165) is 11.0 Å². The molecule has 4 heteroatoms. The summed E-state index contributed by atoms with van der Waals surface area (Å²) in [5, 5.41) is 0. The van der Waals surface area contributed by atoms with Crippen molar-refractivity contribution in [2.24, 2.45) is 5.73 Å². The van der Waals surface area contributed by atoms with Crippen LogP contribution in [0.5, 0.6) is 0 Å². The van der Waals surface area contributed by atoms with Crippen LogP contribution in [0.3, 0.4) is 0 Å². The van der Waals surface area contributed by atoms with Crippen molar-refractivity contribution in [3.8, 4) is 0 Å². The predicted octanol–water partition coefficient (Wildman–Crippen LogP) is 4.26. The molecule has 20 heavy (non-hydrogen) atoms. The van der Waals surface area contributed by atoms with Gasteiger partial charge < -0.3 is 5.73 Å². The number of rotatable bonds is 5. The van der Waals surface area contributed by atoms with Gasteiger partial charge in [0.1, 0.15) is 0 Å². The fraction of sp³-hybridized carbons (Fsp3) is 0.375.